The molecule has 0 spiro atoms. The Labute approximate surface area is 77.9 Å². The van der Waals surface area contributed by atoms with Crippen molar-refractivity contribution in [3.8, 4) is 5.75 Å². The van der Waals surface area contributed by atoms with Gasteiger partial charge in [-0.2, -0.15) is 0 Å². The summed E-state index contributed by atoms with van der Waals surface area (Å²) in [6.45, 7) is -0.536. The van der Waals surface area contributed by atoms with Gasteiger partial charge in [-0.05, 0) is 6.07 Å². The molecule has 0 aliphatic heterocycles. The zero-order valence-electron chi connectivity index (χ0n) is 7.01. The normalized spacial score (nSPS) is 11.4. The summed E-state index contributed by atoms with van der Waals surface area (Å²) in [7, 11) is 0. The molecular formula is C8H8F3NO2. The lowest BCUT2D eigenvalue weighted by atomic mass is 10.2. The molecule has 3 N–H and O–H groups in total. The molecule has 3 nitrogen and oxygen atoms in total. The molecular weight excluding hydrogens is 199 g/mol. The quantitative estimate of drug-likeness (QED) is 0.725. The van der Waals surface area contributed by atoms with Crippen LogP contribution in [-0.2, 0) is 6.61 Å². The molecule has 0 aliphatic rings. The number of rotatable bonds is 2. The van der Waals surface area contributed by atoms with Crippen molar-refractivity contribution in [1.29, 1.82) is 0 Å². The standard InChI is InChI=1S/C8H8F3NO2/c9-8(10,11)14-7-3-6(12)2-1-5(7)4-13/h1-3,13H,4,12H2. The Kier molecular flexibility index (Phi) is 2.85. The molecule has 0 heterocycles. The number of hydrogen-bond donors (Lipinski definition) is 2. The van der Waals surface area contributed by atoms with Crippen LogP contribution in [0.5, 0.6) is 5.75 Å². The summed E-state index contributed by atoms with van der Waals surface area (Å²) in [6.07, 6.45) is -4.78. The molecule has 0 aliphatic carbocycles. The molecule has 0 unspecified atom stereocenters. The first-order valence-corrected chi connectivity index (χ1v) is 3.67. The van der Waals surface area contributed by atoms with Crippen molar-refractivity contribution in [2.24, 2.45) is 0 Å². The fourth-order valence-corrected chi connectivity index (χ4v) is 0.921. The van der Waals surface area contributed by atoms with E-state index >= 15 is 0 Å². The highest BCUT2D eigenvalue weighted by atomic mass is 19.4. The van der Waals surface area contributed by atoms with Crippen LogP contribution in [0.4, 0.5) is 18.9 Å². The average Bonchev–Trinajstić information content (AvgIpc) is 2.01. The van der Waals surface area contributed by atoms with Crippen LogP contribution in [0, 0.1) is 0 Å². The van der Waals surface area contributed by atoms with E-state index in [1.807, 2.05) is 0 Å². The molecule has 1 rings (SSSR count). The van der Waals surface area contributed by atoms with Gasteiger partial charge in [0.2, 0.25) is 0 Å². The van der Waals surface area contributed by atoms with E-state index in [0.717, 1.165) is 6.07 Å². The second kappa shape index (κ2) is 3.75. The highest BCUT2D eigenvalue weighted by Crippen LogP contribution is 2.28. The van der Waals surface area contributed by atoms with Crippen molar-refractivity contribution >= 4 is 5.69 Å². The molecule has 0 aromatic heterocycles. The van der Waals surface area contributed by atoms with Crippen LogP contribution in [0.25, 0.3) is 0 Å². The summed E-state index contributed by atoms with van der Waals surface area (Å²) in [4.78, 5) is 0. The number of aliphatic hydroxyl groups is 1. The zero-order chi connectivity index (χ0) is 10.8. The third-order valence-corrected chi connectivity index (χ3v) is 1.49. The molecule has 1 aromatic carbocycles. The van der Waals surface area contributed by atoms with Gasteiger partial charge in [-0.3, -0.25) is 0 Å². The Balaban J connectivity index is 2.99. The van der Waals surface area contributed by atoms with Crippen molar-refractivity contribution in [1.82, 2.24) is 0 Å². The topological polar surface area (TPSA) is 55.5 Å². The summed E-state index contributed by atoms with van der Waals surface area (Å²) in [5.74, 6) is -0.472. The summed E-state index contributed by atoms with van der Waals surface area (Å²) in [6, 6.07) is 3.67. The van der Waals surface area contributed by atoms with Gasteiger partial charge in [-0.25, -0.2) is 0 Å². The first kappa shape index (κ1) is 10.6. The first-order chi connectivity index (χ1) is 6.42. The van der Waals surface area contributed by atoms with Crippen molar-refractivity contribution < 1.29 is 23.0 Å². The summed E-state index contributed by atoms with van der Waals surface area (Å²) >= 11 is 0. The fourth-order valence-electron chi connectivity index (χ4n) is 0.921. The molecule has 78 valence electrons. The first-order valence-electron chi connectivity index (χ1n) is 3.67. The van der Waals surface area contributed by atoms with Gasteiger partial charge in [-0.1, -0.05) is 6.07 Å². The minimum absolute atomic E-state index is 0.0384. The van der Waals surface area contributed by atoms with Crippen molar-refractivity contribution in [2.45, 2.75) is 13.0 Å². The van der Waals surface area contributed by atoms with Crippen molar-refractivity contribution in [2.75, 3.05) is 5.73 Å². The fraction of sp³-hybridized carbons (Fsp3) is 0.250. The van der Waals surface area contributed by atoms with Gasteiger partial charge in [0.05, 0.1) is 6.61 Å². The summed E-state index contributed by atoms with van der Waals surface area (Å²) in [5.41, 5.74) is 5.45. The van der Waals surface area contributed by atoms with E-state index in [9.17, 15) is 13.2 Å². The minimum Gasteiger partial charge on any atom is -0.405 e. The largest absolute Gasteiger partial charge is 0.573 e. The van der Waals surface area contributed by atoms with E-state index < -0.39 is 18.7 Å². The Bertz CT molecular complexity index is 325. The second-order valence-electron chi connectivity index (χ2n) is 2.57. The molecule has 0 bridgehead atoms. The van der Waals surface area contributed by atoms with E-state index in [-0.39, 0.29) is 11.3 Å². The van der Waals surface area contributed by atoms with Gasteiger partial charge in [0.25, 0.3) is 0 Å². The Morgan fingerprint density at radius 2 is 2.00 bits per heavy atom. The van der Waals surface area contributed by atoms with Gasteiger partial charge in [0, 0.05) is 17.3 Å². The number of alkyl halides is 3. The highest BCUT2D eigenvalue weighted by molar-refractivity contribution is 5.48. The van der Waals surface area contributed by atoms with Crippen LogP contribution in [0.3, 0.4) is 0 Å². The lowest BCUT2D eigenvalue weighted by Gasteiger charge is -2.12. The molecule has 0 amide bonds. The lowest BCUT2D eigenvalue weighted by molar-refractivity contribution is -0.275. The van der Waals surface area contributed by atoms with Crippen molar-refractivity contribution in [3.63, 3.8) is 0 Å². The number of aliphatic hydroxyl groups excluding tert-OH is 1. The van der Waals surface area contributed by atoms with Crippen LogP contribution < -0.4 is 10.5 Å². The van der Waals surface area contributed by atoms with E-state index in [0.29, 0.717) is 0 Å². The molecule has 0 radical (unpaired) electrons. The maximum absolute atomic E-state index is 11.8. The molecule has 6 heteroatoms. The maximum atomic E-state index is 11.8. The molecule has 0 fully saturated rings. The molecule has 0 saturated heterocycles. The number of anilines is 1. The monoisotopic (exact) mass is 207 g/mol. The number of nitrogens with two attached hydrogens (primary N) is 1. The molecule has 0 atom stereocenters. The van der Waals surface area contributed by atoms with Crippen LogP contribution in [0.1, 0.15) is 5.56 Å². The van der Waals surface area contributed by atoms with Crippen molar-refractivity contribution in [3.05, 3.63) is 23.8 Å². The number of benzene rings is 1. The number of halogens is 3. The summed E-state index contributed by atoms with van der Waals surface area (Å²) in [5, 5.41) is 8.72. The highest BCUT2D eigenvalue weighted by Gasteiger charge is 2.32. The Morgan fingerprint density at radius 1 is 1.36 bits per heavy atom. The van der Waals surface area contributed by atoms with Crippen LogP contribution in [0.2, 0.25) is 0 Å². The van der Waals surface area contributed by atoms with Gasteiger partial charge in [0.1, 0.15) is 5.75 Å². The van der Waals surface area contributed by atoms with Gasteiger partial charge >= 0.3 is 6.36 Å². The van der Waals surface area contributed by atoms with Gasteiger partial charge in [-0.15, -0.1) is 13.2 Å². The minimum atomic E-state index is -4.78. The molecule has 1 aromatic rings. The van der Waals surface area contributed by atoms with E-state index in [1.165, 1.54) is 12.1 Å². The molecule has 0 saturated carbocycles. The number of ether oxygens (including phenoxy) is 1. The SMILES string of the molecule is Nc1ccc(CO)c(OC(F)(F)F)c1. The predicted octanol–water partition coefficient (Wildman–Crippen LogP) is 1.66. The van der Waals surface area contributed by atoms with E-state index in [1.54, 1.807) is 0 Å². The van der Waals surface area contributed by atoms with Crippen LogP contribution in [-0.4, -0.2) is 11.5 Å². The number of nitrogen functional groups attached to an aromatic ring is 1. The Morgan fingerprint density at radius 3 is 2.50 bits per heavy atom. The zero-order valence-corrected chi connectivity index (χ0v) is 7.01. The average molecular weight is 207 g/mol. The Hall–Kier alpha value is -1.43. The van der Waals surface area contributed by atoms with Crippen LogP contribution >= 0.6 is 0 Å². The summed E-state index contributed by atoms with van der Waals surface area (Å²) < 4.78 is 39.2. The number of hydrogen-bond acceptors (Lipinski definition) is 3. The van der Waals surface area contributed by atoms with Crippen LogP contribution in [0.15, 0.2) is 18.2 Å². The lowest BCUT2D eigenvalue weighted by Crippen LogP contribution is -2.18. The van der Waals surface area contributed by atoms with Gasteiger partial charge < -0.3 is 15.6 Å². The van der Waals surface area contributed by atoms with E-state index in [2.05, 4.69) is 4.74 Å². The second-order valence-corrected chi connectivity index (χ2v) is 2.57. The van der Waals surface area contributed by atoms with Gasteiger partial charge in [0.15, 0.2) is 0 Å². The maximum Gasteiger partial charge on any atom is 0.573 e. The molecule has 14 heavy (non-hydrogen) atoms. The third-order valence-electron chi connectivity index (χ3n) is 1.49. The smallest absolute Gasteiger partial charge is 0.405 e. The third kappa shape index (κ3) is 2.81. The predicted molar refractivity (Wildman–Crippen MR) is 43.5 cm³/mol. The van der Waals surface area contributed by atoms with E-state index in [4.69, 9.17) is 10.8 Å².